The topological polar surface area (TPSA) is 78.8 Å². The molecule has 1 fully saturated rings. The van der Waals surface area contributed by atoms with Crippen LogP contribution in [0.25, 0.3) is 44.7 Å². The van der Waals surface area contributed by atoms with Gasteiger partial charge in [0.2, 0.25) is 0 Å². The Morgan fingerprint density at radius 1 is 0.970 bits per heavy atom. The number of halogens is 2. The number of fused-ring (bicyclic) bond motifs is 3. The molecular formula is C23H20Cl2N8. The number of aromatic amines is 1. The summed E-state index contributed by atoms with van der Waals surface area (Å²) in [7, 11) is 2.17. The number of likely N-dealkylation sites (N-methyl/N-ethyl adjacent to an activating group) is 1. The summed E-state index contributed by atoms with van der Waals surface area (Å²) in [4.78, 5) is 21.7. The van der Waals surface area contributed by atoms with E-state index in [9.17, 15) is 0 Å². The fourth-order valence-corrected chi connectivity index (χ4v) is 4.65. The third kappa shape index (κ3) is 3.60. The maximum Gasteiger partial charge on any atom is 0.181 e. The summed E-state index contributed by atoms with van der Waals surface area (Å²) < 4.78 is 1.21. The average Bonchev–Trinajstić information content (AvgIpc) is 3.43. The van der Waals surface area contributed by atoms with Crippen molar-refractivity contribution in [1.82, 2.24) is 34.1 Å². The van der Waals surface area contributed by atoms with Crippen LogP contribution in [-0.4, -0.2) is 67.4 Å². The lowest BCUT2D eigenvalue weighted by Gasteiger charge is -2.34. The zero-order chi connectivity index (χ0) is 22.5. The second-order valence-corrected chi connectivity index (χ2v) is 8.90. The highest BCUT2D eigenvalue weighted by Gasteiger charge is 2.17. The Morgan fingerprint density at radius 2 is 1.76 bits per heavy atom. The lowest BCUT2D eigenvalue weighted by Crippen LogP contribution is -2.44. The van der Waals surface area contributed by atoms with Gasteiger partial charge in [-0.1, -0.05) is 23.7 Å². The van der Waals surface area contributed by atoms with Gasteiger partial charge < -0.3 is 14.8 Å². The van der Waals surface area contributed by atoms with Crippen molar-refractivity contribution in [2.24, 2.45) is 0 Å². The van der Waals surface area contributed by atoms with Crippen molar-refractivity contribution in [1.29, 1.82) is 0 Å². The van der Waals surface area contributed by atoms with E-state index in [1.807, 2.05) is 6.20 Å². The van der Waals surface area contributed by atoms with E-state index < -0.39 is 0 Å². The molecule has 0 saturated carbocycles. The van der Waals surface area contributed by atoms with Gasteiger partial charge in [-0.15, -0.1) is 0 Å². The van der Waals surface area contributed by atoms with Crippen LogP contribution in [0.5, 0.6) is 0 Å². The molecule has 0 atom stereocenters. The van der Waals surface area contributed by atoms with Gasteiger partial charge in [0.25, 0.3) is 0 Å². The van der Waals surface area contributed by atoms with Crippen molar-refractivity contribution in [2.75, 3.05) is 38.1 Å². The molecule has 1 aliphatic heterocycles. The van der Waals surface area contributed by atoms with Gasteiger partial charge in [-0.3, -0.25) is 0 Å². The van der Waals surface area contributed by atoms with Crippen LogP contribution < -0.4 is 4.90 Å². The molecular weight excluding hydrogens is 459 g/mol. The maximum atomic E-state index is 6.47. The standard InChI is InChI=1S/C23H20Cl2N8/c1-31-8-10-32(11-9-31)16-4-2-14(3-5-16)15-12-17-19-20(29-22(17)26-13-15)21(24)30-23(28-19)18-6-7-27-33(18)25/h2-7,12-13H,8-11H2,1H3,(H,26,29). The van der Waals surface area contributed by atoms with Gasteiger partial charge in [0.1, 0.15) is 22.4 Å². The highest BCUT2D eigenvalue weighted by molar-refractivity contribution is 6.34. The summed E-state index contributed by atoms with van der Waals surface area (Å²) in [6.45, 7) is 4.25. The number of nitrogens with one attached hydrogen (secondary N) is 1. The number of benzene rings is 1. The third-order valence-corrected chi connectivity index (χ3v) is 6.69. The molecule has 8 nitrogen and oxygen atoms in total. The molecule has 1 aliphatic rings. The van der Waals surface area contributed by atoms with Gasteiger partial charge in [0.15, 0.2) is 11.0 Å². The largest absolute Gasteiger partial charge is 0.369 e. The Bertz CT molecular complexity index is 1470. The summed E-state index contributed by atoms with van der Waals surface area (Å²) in [6, 6.07) is 12.5. The van der Waals surface area contributed by atoms with E-state index >= 15 is 0 Å². The Hall–Kier alpha value is -3.20. The number of nitrogens with zero attached hydrogens (tertiary/aromatic N) is 7. The first-order chi connectivity index (χ1) is 16.1. The van der Waals surface area contributed by atoms with Crippen LogP contribution in [0.1, 0.15) is 0 Å². The molecule has 0 spiro atoms. The molecule has 0 amide bonds. The van der Waals surface area contributed by atoms with E-state index in [4.69, 9.17) is 28.4 Å². The molecule has 166 valence electrons. The van der Waals surface area contributed by atoms with Crippen molar-refractivity contribution in [2.45, 2.75) is 0 Å². The van der Waals surface area contributed by atoms with E-state index in [0.717, 1.165) is 42.7 Å². The Kier molecular flexibility index (Phi) is 4.94. The van der Waals surface area contributed by atoms with Crippen molar-refractivity contribution < 1.29 is 0 Å². The average molecular weight is 479 g/mol. The molecule has 0 bridgehead atoms. The fourth-order valence-electron chi connectivity index (χ4n) is 4.25. The van der Waals surface area contributed by atoms with E-state index in [0.29, 0.717) is 33.4 Å². The number of hydrogen-bond donors (Lipinski definition) is 1. The zero-order valence-electron chi connectivity index (χ0n) is 17.8. The number of hydrogen-bond acceptors (Lipinski definition) is 6. The minimum absolute atomic E-state index is 0.309. The minimum atomic E-state index is 0.309. The van der Waals surface area contributed by atoms with Crippen molar-refractivity contribution >= 4 is 51.1 Å². The normalized spacial score (nSPS) is 15.1. The number of anilines is 1. The van der Waals surface area contributed by atoms with Crippen LogP contribution in [0.4, 0.5) is 5.69 Å². The van der Waals surface area contributed by atoms with Gasteiger partial charge in [0.05, 0.1) is 6.20 Å². The highest BCUT2D eigenvalue weighted by atomic mass is 35.5. The molecule has 10 heteroatoms. The summed E-state index contributed by atoms with van der Waals surface area (Å²) in [5.74, 6) is 0.405. The SMILES string of the molecule is CN1CCN(c2ccc(-c3cnc4[nH]c5c(Cl)nc(-c6ccnn6Cl)nc5c4c3)cc2)CC1. The molecule has 33 heavy (non-hydrogen) atoms. The Morgan fingerprint density at radius 3 is 2.48 bits per heavy atom. The molecule has 5 heterocycles. The van der Waals surface area contributed by atoms with Crippen molar-refractivity contribution in [3.8, 4) is 22.6 Å². The predicted molar refractivity (Wildman–Crippen MR) is 132 cm³/mol. The fraction of sp³-hybridized carbons (Fsp3) is 0.217. The second kappa shape index (κ2) is 7.98. The molecule has 4 aromatic heterocycles. The monoisotopic (exact) mass is 478 g/mol. The highest BCUT2D eigenvalue weighted by Crippen LogP contribution is 2.32. The molecule has 1 saturated heterocycles. The summed E-state index contributed by atoms with van der Waals surface area (Å²) in [6.07, 6.45) is 3.45. The van der Waals surface area contributed by atoms with Crippen LogP contribution in [0.2, 0.25) is 5.15 Å². The third-order valence-electron chi connectivity index (χ3n) is 6.15. The van der Waals surface area contributed by atoms with E-state index in [2.05, 4.69) is 67.2 Å². The molecule has 0 radical (unpaired) electrons. The first-order valence-corrected chi connectivity index (χ1v) is 11.4. The lowest BCUT2D eigenvalue weighted by atomic mass is 10.1. The predicted octanol–water partition coefficient (Wildman–Crippen LogP) is 4.44. The quantitative estimate of drug-likeness (QED) is 0.386. The van der Waals surface area contributed by atoms with Gasteiger partial charge in [0, 0.05) is 60.8 Å². The molecule has 1 aromatic carbocycles. The molecule has 6 rings (SSSR count). The van der Waals surface area contributed by atoms with Crippen LogP contribution >= 0.6 is 23.4 Å². The minimum Gasteiger partial charge on any atom is -0.369 e. The van der Waals surface area contributed by atoms with E-state index in [1.54, 1.807) is 12.3 Å². The molecule has 0 aliphatic carbocycles. The molecule has 5 aromatic rings. The van der Waals surface area contributed by atoms with Crippen LogP contribution in [0.3, 0.4) is 0 Å². The van der Waals surface area contributed by atoms with E-state index in [-0.39, 0.29) is 0 Å². The first kappa shape index (κ1) is 20.4. The smallest absolute Gasteiger partial charge is 0.181 e. The summed E-state index contributed by atoms with van der Waals surface area (Å²) in [5.41, 5.74) is 5.96. The van der Waals surface area contributed by atoms with Gasteiger partial charge in [-0.2, -0.15) is 9.30 Å². The van der Waals surface area contributed by atoms with Crippen molar-refractivity contribution in [3.63, 3.8) is 0 Å². The number of rotatable bonds is 3. The number of pyridine rings is 1. The summed E-state index contributed by atoms with van der Waals surface area (Å²) >= 11 is 12.6. The number of H-pyrrole nitrogens is 1. The first-order valence-electron chi connectivity index (χ1n) is 10.7. The van der Waals surface area contributed by atoms with Gasteiger partial charge in [-0.05, 0) is 36.9 Å². The lowest BCUT2D eigenvalue weighted by molar-refractivity contribution is 0.313. The Balaban J connectivity index is 1.39. The number of aromatic nitrogens is 6. The Labute approximate surface area is 199 Å². The number of piperazine rings is 1. The molecule has 1 N–H and O–H groups in total. The van der Waals surface area contributed by atoms with Crippen LogP contribution in [0.15, 0.2) is 48.8 Å². The molecule has 0 unspecified atom stereocenters. The van der Waals surface area contributed by atoms with E-state index in [1.165, 1.54) is 9.89 Å². The van der Waals surface area contributed by atoms with Gasteiger partial charge in [-0.25, -0.2) is 15.0 Å². The van der Waals surface area contributed by atoms with Crippen LogP contribution in [-0.2, 0) is 0 Å². The van der Waals surface area contributed by atoms with Gasteiger partial charge >= 0.3 is 0 Å². The van der Waals surface area contributed by atoms with Crippen LogP contribution in [0, 0.1) is 0 Å². The van der Waals surface area contributed by atoms with Crippen molar-refractivity contribution in [3.05, 3.63) is 53.9 Å². The second-order valence-electron chi connectivity index (χ2n) is 8.22. The maximum absolute atomic E-state index is 6.47. The zero-order valence-corrected chi connectivity index (χ0v) is 19.3. The summed E-state index contributed by atoms with van der Waals surface area (Å²) in [5, 5.41) is 5.17.